The molecule has 28 heavy (non-hydrogen) atoms. The average Bonchev–Trinajstić information content (AvgIpc) is 2.70. The minimum absolute atomic E-state index is 0.104. The van der Waals surface area contributed by atoms with Gasteiger partial charge in [-0.1, -0.05) is 36.4 Å². The molecule has 0 fully saturated rings. The van der Waals surface area contributed by atoms with Crippen LogP contribution in [0, 0.1) is 0 Å². The number of hydrogen-bond donors (Lipinski definition) is 3. The molecule has 0 saturated heterocycles. The number of nitrogens with one attached hydrogen (secondary N) is 3. The Morgan fingerprint density at radius 1 is 1.00 bits per heavy atom. The van der Waals surface area contributed by atoms with Crippen LogP contribution in [-0.2, 0) is 6.54 Å². The largest absolute Gasteiger partial charge is 0.434 e. The number of nitrogens with zero attached hydrogens (tertiary/aromatic N) is 1. The van der Waals surface area contributed by atoms with Crippen LogP contribution in [0.1, 0.15) is 22.8 Å². The summed E-state index contributed by atoms with van der Waals surface area (Å²) in [5, 5.41) is 8.98. The van der Waals surface area contributed by atoms with E-state index in [2.05, 4.69) is 25.7 Å². The highest BCUT2D eigenvalue weighted by Crippen LogP contribution is 2.20. The van der Waals surface area contributed by atoms with Crippen molar-refractivity contribution in [2.45, 2.75) is 20.1 Å². The number of hydrogen-bond acceptors (Lipinski definition) is 3. The number of carbonyl (C=O) groups is 1. The molecule has 2 aromatic carbocycles. The van der Waals surface area contributed by atoms with Crippen LogP contribution in [0.15, 0.2) is 59.6 Å². The van der Waals surface area contributed by atoms with E-state index in [1.165, 1.54) is 6.07 Å². The Bertz CT molecular complexity index is 770. The molecule has 3 N–H and O–H groups in total. The first-order valence-corrected chi connectivity index (χ1v) is 8.98. The smallest absolute Gasteiger partial charge is 0.387 e. The van der Waals surface area contributed by atoms with E-state index in [1.807, 2.05) is 13.0 Å². The monoisotopic (exact) mass is 390 g/mol. The fraction of sp³-hybridized carbons (Fsp3) is 0.300. The summed E-state index contributed by atoms with van der Waals surface area (Å²) >= 11 is 0. The topological polar surface area (TPSA) is 74.8 Å². The number of guanidine groups is 1. The Labute approximate surface area is 163 Å². The van der Waals surface area contributed by atoms with E-state index in [-0.39, 0.29) is 18.2 Å². The number of para-hydroxylation sites is 1. The van der Waals surface area contributed by atoms with E-state index in [1.54, 1.807) is 42.5 Å². The van der Waals surface area contributed by atoms with Gasteiger partial charge in [-0.2, -0.15) is 8.78 Å². The molecule has 0 heterocycles. The molecule has 6 nitrogen and oxygen atoms in total. The second-order valence-electron chi connectivity index (χ2n) is 5.73. The fourth-order valence-electron chi connectivity index (χ4n) is 2.40. The van der Waals surface area contributed by atoms with Crippen LogP contribution in [0.25, 0.3) is 0 Å². The summed E-state index contributed by atoms with van der Waals surface area (Å²) in [7, 11) is 0. The zero-order valence-corrected chi connectivity index (χ0v) is 15.6. The van der Waals surface area contributed by atoms with Crippen molar-refractivity contribution in [2.24, 2.45) is 4.99 Å². The predicted molar refractivity (Wildman–Crippen MR) is 105 cm³/mol. The number of halogens is 2. The quantitative estimate of drug-likeness (QED) is 0.350. The fourth-order valence-corrected chi connectivity index (χ4v) is 2.40. The number of amides is 1. The van der Waals surface area contributed by atoms with E-state index >= 15 is 0 Å². The van der Waals surface area contributed by atoms with Crippen molar-refractivity contribution in [3.05, 3.63) is 65.7 Å². The third-order valence-corrected chi connectivity index (χ3v) is 3.68. The second kappa shape index (κ2) is 11.5. The molecule has 0 saturated carbocycles. The Morgan fingerprint density at radius 3 is 2.39 bits per heavy atom. The summed E-state index contributed by atoms with van der Waals surface area (Å²) in [5.74, 6) is 0.470. The zero-order chi connectivity index (χ0) is 20.2. The summed E-state index contributed by atoms with van der Waals surface area (Å²) in [6.45, 7) is 0.710. The average molecular weight is 390 g/mol. The summed E-state index contributed by atoms with van der Waals surface area (Å²) in [4.78, 5) is 16.4. The molecule has 0 atom stereocenters. The summed E-state index contributed by atoms with van der Waals surface area (Å²) in [5.41, 5.74) is 1.15. The van der Waals surface area contributed by atoms with Crippen LogP contribution >= 0.6 is 0 Å². The third-order valence-electron chi connectivity index (χ3n) is 3.68. The highest BCUT2D eigenvalue weighted by atomic mass is 19.3. The Kier molecular flexibility index (Phi) is 8.71. The molecule has 0 spiro atoms. The number of ether oxygens (including phenoxy) is 1. The van der Waals surface area contributed by atoms with Gasteiger partial charge in [-0.15, -0.1) is 0 Å². The molecule has 8 heteroatoms. The number of carbonyl (C=O) groups excluding carboxylic acids is 1. The van der Waals surface area contributed by atoms with Gasteiger partial charge in [-0.3, -0.25) is 4.79 Å². The van der Waals surface area contributed by atoms with Crippen LogP contribution in [0.2, 0.25) is 0 Å². The van der Waals surface area contributed by atoms with Crippen LogP contribution in [0.4, 0.5) is 8.78 Å². The molecule has 0 radical (unpaired) electrons. The molecule has 1 amide bonds. The number of alkyl halides is 2. The first-order chi connectivity index (χ1) is 13.6. The number of rotatable bonds is 9. The maximum atomic E-state index is 12.5. The lowest BCUT2D eigenvalue weighted by molar-refractivity contribution is -0.0504. The van der Waals surface area contributed by atoms with Crippen LogP contribution in [0.3, 0.4) is 0 Å². The first-order valence-electron chi connectivity index (χ1n) is 8.98. The van der Waals surface area contributed by atoms with E-state index in [0.717, 1.165) is 0 Å². The van der Waals surface area contributed by atoms with Crippen LogP contribution < -0.4 is 20.7 Å². The molecule has 0 aliphatic heterocycles. The Hall–Kier alpha value is -3.16. The van der Waals surface area contributed by atoms with Crippen molar-refractivity contribution in [1.29, 1.82) is 0 Å². The van der Waals surface area contributed by atoms with Crippen molar-refractivity contribution in [1.82, 2.24) is 16.0 Å². The van der Waals surface area contributed by atoms with Crippen molar-refractivity contribution in [3.8, 4) is 5.75 Å². The van der Waals surface area contributed by atoms with Gasteiger partial charge in [-0.05, 0) is 25.1 Å². The maximum absolute atomic E-state index is 12.5. The van der Waals surface area contributed by atoms with Crippen molar-refractivity contribution in [2.75, 3.05) is 19.6 Å². The minimum Gasteiger partial charge on any atom is -0.434 e. The summed E-state index contributed by atoms with van der Waals surface area (Å²) < 4.78 is 29.5. The predicted octanol–water partition coefficient (Wildman–Crippen LogP) is 2.77. The zero-order valence-electron chi connectivity index (χ0n) is 15.6. The van der Waals surface area contributed by atoms with Crippen LogP contribution in [-0.4, -0.2) is 38.1 Å². The number of aliphatic imine (C=N–C) groups is 1. The Balaban J connectivity index is 1.86. The summed E-state index contributed by atoms with van der Waals surface area (Å²) in [6.07, 6.45) is 0. The van der Waals surface area contributed by atoms with Gasteiger partial charge >= 0.3 is 6.61 Å². The lowest BCUT2D eigenvalue weighted by atomic mass is 10.2. The van der Waals surface area contributed by atoms with Gasteiger partial charge in [0.1, 0.15) is 5.75 Å². The highest BCUT2D eigenvalue weighted by molar-refractivity contribution is 5.94. The van der Waals surface area contributed by atoms with Gasteiger partial charge < -0.3 is 20.7 Å². The highest BCUT2D eigenvalue weighted by Gasteiger charge is 2.09. The first kappa shape index (κ1) is 21.1. The maximum Gasteiger partial charge on any atom is 0.387 e. The lowest BCUT2D eigenvalue weighted by Gasteiger charge is -2.13. The van der Waals surface area contributed by atoms with Gasteiger partial charge in [0, 0.05) is 30.8 Å². The third kappa shape index (κ3) is 7.22. The van der Waals surface area contributed by atoms with E-state index in [9.17, 15) is 13.6 Å². The van der Waals surface area contributed by atoms with Gasteiger partial charge in [0.15, 0.2) is 5.96 Å². The molecule has 0 aromatic heterocycles. The molecule has 0 unspecified atom stereocenters. The van der Waals surface area contributed by atoms with Gasteiger partial charge in [0.2, 0.25) is 0 Å². The number of benzene rings is 2. The molecule has 0 bridgehead atoms. The molecule has 0 aliphatic carbocycles. The second-order valence-corrected chi connectivity index (χ2v) is 5.73. The lowest BCUT2D eigenvalue weighted by Crippen LogP contribution is -2.41. The molecule has 150 valence electrons. The molecule has 2 aromatic rings. The van der Waals surface area contributed by atoms with E-state index in [0.29, 0.717) is 36.7 Å². The van der Waals surface area contributed by atoms with Crippen molar-refractivity contribution < 1.29 is 18.3 Å². The summed E-state index contributed by atoms with van der Waals surface area (Å²) in [6, 6.07) is 15.5. The van der Waals surface area contributed by atoms with Gasteiger partial charge in [0.05, 0.1) is 6.54 Å². The SMILES string of the molecule is CCNC(=NCc1ccccc1OC(F)F)NCCNC(=O)c1ccccc1. The molecule has 0 aliphatic rings. The van der Waals surface area contributed by atoms with E-state index in [4.69, 9.17) is 0 Å². The van der Waals surface area contributed by atoms with E-state index < -0.39 is 6.61 Å². The van der Waals surface area contributed by atoms with Crippen LogP contribution in [0.5, 0.6) is 5.75 Å². The Morgan fingerprint density at radius 2 is 1.68 bits per heavy atom. The van der Waals surface area contributed by atoms with Crippen molar-refractivity contribution >= 4 is 11.9 Å². The molecule has 2 rings (SSSR count). The molecular formula is C20H24F2N4O2. The van der Waals surface area contributed by atoms with Gasteiger partial charge in [-0.25, -0.2) is 4.99 Å². The minimum atomic E-state index is -2.88. The molecular weight excluding hydrogens is 366 g/mol. The van der Waals surface area contributed by atoms with Crippen molar-refractivity contribution in [3.63, 3.8) is 0 Å². The standard InChI is InChI=1S/C20H24F2N4O2/c1-2-23-20(25-13-12-24-18(27)15-8-4-3-5-9-15)26-14-16-10-6-7-11-17(16)28-19(21)22/h3-11,19H,2,12-14H2,1H3,(H,24,27)(H2,23,25,26). The van der Waals surface area contributed by atoms with Gasteiger partial charge in [0.25, 0.3) is 5.91 Å². The normalized spacial score (nSPS) is 11.2.